The Morgan fingerprint density at radius 3 is 2.53 bits per heavy atom. The molecule has 0 aliphatic carbocycles. The average Bonchev–Trinajstić information content (AvgIpc) is 2.79. The van der Waals surface area contributed by atoms with E-state index in [2.05, 4.69) is 15.5 Å². The molecule has 1 heterocycles. The number of carbonyl (C=O) groups excluding carboxylic acids is 1. The van der Waals surface area contributed by atoms with Crippen LogP contribution in [0.4, 0.5) is 0 Å². The van der Waals surface area contributed by atoms with Crippen LogP contribution < -0.4 is 10.2 Å². The van der Waals surface area contributed by atoms with Gasteiger partial charge in [-0.05, 0) is 66.6 Å². The van der Waals surface area contributed by atoms with Crippen LogP contribution in [0.1, 0.15) is 27.0 Å². The van der Waals surface area contributed by atoms with Gasteiger partial charge in [-0.3, -0.25) is 4.79 Å². The molecule has 3 aromatic carbocycles. The van der Waals surface area contributed by atoms with Crippen LogP contribution >= 0.6 is 23.2 Å². The topological polar surface area (TPSA) is 63.6 Å². The fourth-order valence-corrected chi connectivity index (χ4v) is 3.36. The highest BCUT2D eigenvalue weighted by molar-refractivity contribution is 6.32. The molecule has 4 aromatic rings. The van der Waals surface area contributed by atoms with Crippen LogP contribution in [0.15, 0.2) is 77.9 Å². The number of amides is 1. The van der Waals surface area contributed by atoms with E-state index in [9.17, 15) is 4.79 Å². The third-order valence-corrected chi connectivity index (χ3v) is 5.31. The van der Waals surface area contributed by atoms with Gasteiger partial charge in [0.1, 0.15) is 17.5 Å². The standard InChI is InChI=1S/C25H19Cl2N3O2/c1-16-2-5-19-13-20(24(27)29-23(19)12-16)14-28-30-25(31)18-6-10-22(11-7-18)32-15-17-3-8-21(26)9-4-17/h2-14H,15H2,1H3,(H,30,31). The minimum Gasteiger partial charge on any atom is -0.489 e. The zero-order chi connectivity index (χ0) is 22.5. The number of benzene rings is 3. The fourth-order valence-electron chi connectivity index (χ4n) is 3.04. The largest absolute Gasteiger partial charge is 0.489 e. The summed E-state index contributed by atoms with van der Waals surface area (Å²) in [6, 6.07) is 22.1. The van der Waals surface area contributed by atoms with Crippen molar-refractivity contribution in [2.24, 2.45) is 5.10 Å². The van der Waals surface area contributed by atoms with Crippen molar-refractivity contribution in [1.82, 2.24) is 10.4 Å². The molecule has 160 valence electrons. The second-order valence-corrected chi connectivity index (χ2v) is 8.00. The molecule has 1 aromatic heterocycles. The smallest absolute Gasteiger partial charge is 0.271 e. The SMILES string of the molecule is Cc1ccc2cc(C=NNC(=O)c3ccc(OCc4ccc(Cl)cc4)cc3)c(Cl)nc2c1. The van der Waals surface area contributed by atoms with Crippen LogP contribution in [-0.4, -0.2) is 17.1 Å². The Kier molecular flexibility index (Phi) is 6.69. The molecule has 0 unspecified atom stereocenters. The summed E-state index contributed by atoms with van der Waals surface area (Å²) in [4.78, 5) is 16.8. The van der Waals surface area contributed by atoms with Crippen LogP contribution in [0, 0.1) is 6.92 Å². The van der Waals surface area contributed by atoms with Gasteiger partial charge in [0, 0.05) is 21.5 Å². The Hall–Kier alpha value is -3.41. The molecule has 32 heavy (non-hydrogen) atoms. The third-order valence-electron chi connectivity index (χ3n) is 4.76. The quantitative estimate of drug-likeness (QED) is 0.210. The molecule has 7 heteroatoms. The van der Waals surface area contributed by atoms with E-state index in [-0.39, 0.29) is 5.91 Å². The Morgan fingerprint density at radius 1 is 1.03 bits per heavy atom. The molecule has 0 bridgehead atoms. The van der Waals surface area contributed by atoms with Crippen LogP contribution in [0.5, 0.6) is 5.75 Å². The number of pyridine rings is 1. The molecule has 1 N–H and O–H groups in total. The van der Waals surface area contributed by atoms with Gasteiger partial charge in [-0.25, -0.2) is 10.4 Å². The minimum absolute atomic E-state index is 0.322. The summed E-state index contributed by atoms with van der Waals surface area (Å²) >= 11 is 12.1. The van der Waals surface area contributed by atoms with Gasteiger partial charge in [0.15, 0.2) is 0 Å². The molecule has 0 aliphatic rings. The first-order valence-electron chi connectivity index (χ1n) is 9.85. The first-order valence-corrected chi connectivity index (χ1v) is 10.6. The number of hydrogen-bond acceptors (Lipinski definition) is 4. The molecule has 1 amide bonds. The van der Waals surface area contributed by atoms with Crippen LogP contribution in [0.2, 0.25) is 10.2 Å². The number of nitrogens with zero attached hydrogens (tertiary/aromatic N) is 2. The number of fused-ring (bicyclic) bond motifs is 1. The van der Waals surface area contributed by atoms with Gasteiger partial charge < -0.3 is 4.74 Å². The number of ether oxygens (including phenoxy) is 1. The third kappa shape index (κ3) is 5.44. The summed E-state index contributed by atoms with van der Waals surface area (Å²) in [6.07, 6.45) is 1.48. The number of hydrogen-bond donors (Lipinski definition) is 1. The van der Waals surface area contributed by atoms with Gasteiger partial charge in [0.05, 0.1) is 11.7 Å². The normalized spacial score (nSPS) is 11.1. The molecule has 0 atom stereocenters. The van der Waals surface area contributed by atoms with E-state index in [0.29, 0.717) is 33.7 Å². The van der Waals surface area contributed by atoms with Crippen LogP contribution in [0.3, 0.4) is 0 Å². The zero-order valence-electron chi connectivity index (χ0n) is 17.2. The second kappa shape index (κ2) is 9.81. The highest BCUT2D eigenvalue weighted by Gasteiger charge is 2.06. The highest BCUT2D eigenvalue weighted by atomic mass is 35.5. The summed E-state index contributed by atoms with van der Waals surface area (Å²) < 4.78 is 5.74. The Labute approximate surface area is 195 Å². The molecule has 0 spiro atoms. The van der Waals surface area contributed by atoms with Crippen LogP contribution in [0.25, 0.3) is 10.9 Å². The molecule has 0 aliphatic heterocycles. The van der Waals surface area contributed by atoms with Crippen molar-refractivity contribution in [3.63, 3.8) is 0 Å². The fraction of sp³-hybridized carbons (Fsp3) is 0.0800. The van der Waals surface area contributed by atoms with Gasteiger partial charge in [-0.1, -0.05) is 47.5 Å². The van der Waals surface area contributed by atoms with E-state index < -0.39 is 0 Å². The number of nitrogens with one attached hydrogen (secondary N) is 1. The molecular formula is C25H19Cl2N3O2. The maximum atomic E-state index is 12.4. The lowest BCUT2D eigenvalue weighted by atomic mass is 10.1. The molecule has 0 radical (unpaired) electrons. The molecule has 0 saturated heterocycles. The van der Waals surface area contributed by atoms with Crippen molar-refractivity contribution in [2.75, 3.05) is 0 Å². The van der Waals surface area contributed by atoms with Gasteiger partial charge >= 0.3 is 0 Å². The average molecular weight is 464 g/mol. The summed E-state index contributed by atoms with van der Waals surface area (Å²) in [7, 11) is 0. The van der Waals surface area contributed by atoms with E-state index in [1.54, 1.807) is 24.3 Å². The van der Waals surface area contributed by atoms with Crippen molar-refractivity contribution >= 4 is 46.2 Å². The predicted octanol–water partition coefficient (Wildman–Crippen LogP) is 6.19. The second-order valence-electron chi connectivity index (χ2n) is 7.20. The van der Waals surface area contributed by atoms with Crippen molar-refractivity contribution in [2.45, 2.75) is 13.5 Å². The molecular weight excluding hydrogens is 445 g/mol. The Bertz CT molecular complexity index is 1290. The Balaban J connectivity index is 1.36. The van der Waals surface area contributed by atoms with Crippen molar-refractivity contribution in [3.8, 4) is 5.75 Å². The molecule has 0 saturated carbocycles. The van der Waals surface area contributed by atoms with E-state index in [1.807, 2.05) is 55.5 Å². The predicted molar refractivity (Wildman–Crippen MR) is 129 cm³/mol. The van der Waals surface area contributed by atoms with Gasteiger partial charge in [0.2, 0.25) is 0 Å². The van der Waals surface area contributed by atoms with Gasteiger partial charge in [-0.2, -0.15) is 5.10 Å². The van der Waals surface area contributed by atoms with E-state index in [0.717, 1.165) is 22.0 Å². The van der Waals surface area contributed by atoms with Crippen molar-refractivity contribution in [1.29, 1.82) is 0 Å². The number of rotatable bonds is 6. The summed E-state index contributed by atoms with van der Waals surface area (Å²) in [5.74, 6) is 0.315. The first kappa shape index (κ1) is 21.8. The summed E-state index contributed by atoms with van der Waals surface area (Å²) in [6.45, 7) is 2.41. The lowest BCUT2D eigenvalue weighted by Crippen LogP contribution is -2.17. The maximum absolute atomic E-state index is 12.4. The van der Waals surface area contributed by atoms with Gasteiger partial charge in [0.25, 0.3) is 5.91 Å². The number of aryl methyl sites for hydroxylation is 1. The summed E-state index contributed by atoms with van der Waals surface area (Å²) in [5.41, 5.74) is 6.51. The van der Waals surface area contributed by atoms with Crippen molar-refractivity contribution in [3.05, 3.63) is 105 Å². The van der Waals surface area contributed by atoms with E-state index in [4.69, 9.17) is 27.9 Å². The summed E-state index contributed by atoms with van der Waals surface area (Å²) in [5, 5.41) is 5.97. The number of carbonyl (C=O) groups is 1. The molecule has 0 fully saturated rings. The monoisotopic (exact) mass is 463 g/mol. The molecule has 5 nitrogen and oxygen atoms in total. The number of aromatic nitrogens is 1. The maximum Gasteiger partial charge on any atom is 0.271 e. The van der Waals surface area contributed by atoms with Gasteiger partial charge in [-0.15, -0.1) is 0 Å². The minimum atomic E-state index is -0.342. The Morgan fingerprint density at radius 2 is 1.78 bits per heavy atom. The van der Waals surface area contributed by atoms with Crippen LogP contribution in [-0.2, 0) is 6.61 Å². The molecule has 4 rings (SSSR count). The van der Waals surface area contributed by atoms with E-state index >= 15 is 0 Å². The number of hydrazone groups is 1. The number of halogens is 2. The lowest BCUT2D eigenvalue weighted by Gasteiger charge is -2.07. The first-order chi connectivity index (χ1) is 15.5. The lowest BCUT2D eigenvalue weighted by molar-refractivity contribution is 0.0955. The highest BCUT2D eigenvalue weighted by Crippen LogP contribution is 2.20. The van der Waals surface area contributed by atoms with E-state index in [1.165, 1.54) is 6.21 Å². The van der Waals surface area contributed by atoms with Crippen molar-refractivity contribution < 1.29 is 9.53 Å². The zero-order valence-corrected chi connectivity index (χ0v) is 18.7.